The fourth-order valence-corrected chi connectivity index (χ4v) is 7.84. The summed E-state index contributed by atoms with van der Waals surface area (Å²) < 4.78 is 12.7. The molecule has 0 spiro atoms. The van der Waals surface area contributed by atoms with Crippen molar-refractivity contribution in [2.24, 2.45) is 0 Å². The molecule has 1 aliphatic rings. The van der Waals surface area contributed by atoms with Crippen LogP contribution >= 0.6 is 34.7 Å². The Bertz CT molecular complexity index is 2220. The second-order valence-corrected chi connectivity index (χ2v) is 14.0. The van der Waals surface area contributed by atoms with Crippen molar-refractivity contribution in [3.63, 3.8) is 0 Å². The summed E-state index contributed by atoms with van der Waals surface area (Å²) in [5.41, 5.74) is 2.91. The molecule has 50 heavy (non-hydrogen) atoms. The van der Waals surface area contributed by atoms with Crippen LogP contribution in [0.25, 0.3) is 16.5 Å². The third-order valence-corrected chi connectivity index (χ3v) is 10.6. The zero-order valence-corrected chi connectivity index (χ0v) is 29.2. The first kappa shape index (κ1) is 33.3. The lowest BCUT2D eigenvalue weighted by atomic mass is 9.95. The molecular weight excluding hydrogens is 690 g/mol. The molecule has 1 N–H and O–H groups in total. The van der Waals surface area contributed by atoms with E-state index in [4.69, 9.17) is 21.1 Å². The molecule has 1 aliphatic heterocycles. The van der Waals surface area contributed by atoms with E-state index in [1.807, 2.05) is 55.5 Å². The van der Waals surface area contributed by atoms with Crippen LogP contribution in [0, 0.1) is 0 Å². The molecular formula is C39H30ClN3O5S2. The van der Waals surface area contributed by atoms with Crippen molar-refractivity contribution in [1.29, 1.82) is 0 Å². The molecule has 0 radical (unpaired) electrons. The average Bonchev–Trinajstić information content (AvgIpc) is 3.72. The topological polar surface area (TPSA) is 102 Å². The molecule has 0 bridgehead atoms. The van der Waals surface area contributed by atoms with Crippen LogP contribution in [0.4, 0.5) is 5.13 Å². The fraction of sp³-hybridized carbons (Fsp3) is 0.128. The van der Waals surface area contributed by atoms with E-state index in [0.29, 0.717) is 51.0 Å². The van der Waals surface area contributed by atoms with Crippen LogP contribution < -0.4 is 14.4 Å². The van der Waals surface area contributed by atoms with E-state index in [0.717, 1.165) is 21.9 Å². The van der Waals surface area contributed by atoms with Gasteiger partial charge in [-0.25, -0.2) is 0 Å². The van der Waals surface area contributed by atoms with Crippen molar-refractivity contribution < 1.29 is 24.2 Å². The number of carbonyl (C=O) groups excluding carboxylic acids is 2. The number of aliphatic hydroxyl groups is 1. The van der Waals surface area contributed by atoms with Gasteiger partial charge in [-0.1, -0.05) is 114 Å². The molecule has 1 amide bonds. The third-order valence-electron chi connectivity index (χ3n) is 8.22. The molecule has 1 unspecified atom stereocenters. The summed E-state index contributed by atoms with van der Waals surface area (Å²) >= 11 is 8.82. The van der Waals surface area contributed by atoms with Gasteiger partial charge in [-0.3, -0.25) is 14.5 Å². The molecule has 1 saturated heterocycles. The molecule has 1 atom stereocenters. The highest BCUT2D eigenvalue weighted by atomic mass is 35.5. The van der Waals surface area contributed by atoms with Crippen molar-refractivity contribution in [1.82, 2.24) is 10.2 Å². The van der Waals surface area contributed by atoms with Gasteiger partial charge >= 0.3 is 5.91 Å². The molecule has 250 valence electrons. The highest BCUT2D eigenvalue weighted by Crippen LogP contribution is 2.46. The summed E-state index contributed by atoms with van der Waals surface area (Å²) in [6.07, 6.45) is 0. The highest BCUT2D eigenvalue weighted by molar-refractivity contribution is 8.00. The summed E-state index contributed by atoms with van der Waals surface area (Å²) in [6.45, 7) is 2.53. The maximum Gasteiger partial charge on any atom is 0.301 e. The number of hydrogen-bond donors (Lipinski definition) is 1. The summed E-state index contributed by atoms with van der Waals surface area (Å²) in [6, 6.07) is 34.8. The van der Waals surface area contributed by atoms with E-state index in [9.17, 15) is 14.7 Å². The number of nitrogens with zero attached hydrogens (tertiary/aromatic N) is 3. The van der Waals surface area contributed by atoms with E-state index < -0.39 is 17.7 Å². The second-order valence-electron chi connectivity index (χ2n) is 11.4. The summed E-state index contributed by atoms with van der Waals surface area (Å²) in [5, 5.41) is 23.3. The summed E-state index contributed by atoms with van der Waals surface area (Å²) in [7, 11) is 0. The lowest BCUT2D eigenvalue weighted by Crippen LogP contribution is -2.29. The molecule has 5 aromatic carbocycles. The van der Waals surface area contributed by atoms with Gasteiger partial charge in [0.15, 0.2) is 15.8 Å². The van der Waals surface area contributed by atoms with Gasteiger partial charge in [-0.05, 0) is 70.8 Å². The van der Waals surface area contributed by atoms with Crippen LogP contribution in [0.1, 0.15) is 35.2 Å². The largest absolute Gasteiger partial charge is 0.507 e. The van der Waals surface area contributed by atoms with Crippen LogP contribution in [0.3, 0.4) is 0 Å². The van der Waals surface area contributed by atoms with Crippen molar-refractivity contribution in [2.45, 2.75) is 29.7 Å². The molecule has 1 fully saturated rings. The molecule has 7 rings (SSSR count). The lowest BCUT2D eigenvalue weighted by molar-refractivity contribution is -0.132. The van der Waals surface area contributed by atoms with E-state index in [-0.39, 0.29) is 16.5 Å². The van der Waals surface area contributed by atoms with Gasteiger partial charge in [0.1, 0.15) is 12.4 Å². The van der Waals surface area contributed by atoms with Crippen LogP contribution in [-0.4, -0.2) is 33.6 Å². The molecule has 2 heterocycles. The zero-order chi connectivity index (χ0) is 34.6. The number of Topliss-reactive ketones (excluding diaryl/α,β-unsaturated/α-hetero) is 1. The minimum absolute atomic E-state index is 0.0853. The first-order chi connectivity index (χ1) is 24.4. The number of aromatic nitrogens is 2. The minimum atomic E-state index is -1.03. The van der Waals surface area contributed by atoms with E-state index >= 15 is 0 Å². The fourth-order valence-electron chi connectivity index (χ4n) is 5.84. The van der Waals surface area contributed by atoms with Gasteiger partial charge in [0, 0.05) is 16.3 Å². The zero-order valence-electron chi connectivity index (χ0n) is 26.8. The van der Waals surface area contributed by atoms with Crippen molar-refractivity contribution in [2.75, 3.05) is 11.5 Å². The number of anilines is 1. The van der Waals surface area contributed by atoms with Crippen LogP contribution in [-0.2, 0) is 21.9 Å². The first-order valence-corrected chi connectivity index (χ1v) is 18.0. The predicted octanol–water partition coefficient (Wildman–Crippen LogP) is 9.24. The Morgan fingerprint density at radius 2 is 1.64 bits per heavy atom. The molecule has 8 nitrogen and oxygen atoms in total. The Balaban J connectivity index is 1.26. The van der Waals surface area contributed by atoms with E-state index in [1.54, 1.807) is 42.5 Å². The number of halogens is 1. The van der Waals surface area contributed by atoms with Crippen molar-refractivity contribution >= 4 is 68.1 Å². The third kappa shape index (κ3) is 6.82. The number of ketones is 1. The smallest absolute Gasteiger partial charge is 0.301 e. The number of benzene rings is 5. The maximum atomic E-state index is 13.8. The quantitative estimate of drug-likeness (QED) is 0.0465. The Labute approximate surface area is 302 Å². The number of ether oxygens (including phenoxy) is 2. The normalized spacial score (nSPS) is 15.5. The van der Waals surface area contributed by atoms with Crippen molar-refractivity contribution in [3.8, 4) is 11.5 Å². The van der Waals surface area contributed by atoms with E-state index in [2.05, 4.69) is 34.5 Å². The Morgan fingerprint density at radius 1 is 0.880 bits per heavy atom. The van der Waals surface area contributed by atoms with Gasteiger partial charge in [0.2, 0.25) is 5.13 Å². The lowest BCUT2D eigenvalue weighted by Gasteiger charge is -2.23. The van der Waals surface area contributed by atoms with Gasteiger partial charge in [0.05, 0.1) is 18.2 Å². The molecule has 1 aromatic heterocycles. The summed E-state index contributed by atoms with van der Waals surface area (Å²) in [4.78, 5) is 28.9. The van der Waals surface area contributed by atoms with E-state index in [1.165, 1.54) is 28.0 Å². The maximum absolute atomic E-state index is 13.8. The monoisotopic (exact) mass is 719 g/mol. The number of hydrogen-bond acceptors (Lipinski definition) is 9. The number of fused-ring (bicyclic) bond motifs is 1. The Kier molecular flexibility index (Phi) is 9.84. The van der Waals surface area contributed by atoms with Crippen LogP contribution in [0.2, 0.25) is 5.02 Å². The van der Waals surface area contributed by atoms with Gasteiger partial charge in [0.25, 0.3) is 5.78 Å². The Morgan fingerprint density at radius 3 is 2.44 bits per heavy atom. The first-order valence-electron chi connectivity index (χ1n) is 15.8. The predicted molar refractivity (Wildman–Crippen MR) is 198 cm³/mol. The second kappa shape index (κ2) is 14.8. The number of amides is 1. The van der Waals surface area contributed by atoms with Crippen molar-refractivity contribution in [3.05, 3.63) is 148 Å². The number of aliphatic hydroxyl groups excluding tert-OH is 1. The van der Waals surface area contributed by atoms with Gasteiger partial charge in [-0.15, -0.1) is 10.2 Å². The number of thioether (sulfide) groups is 1. The highest BCUT2D eigenvalue weighted by Gasteiger charge is 2.48. The standard InChI is InChI=1S/C39H30ClN3O5S2/c1-2-47-32-21-27(17-20-31(32)48-22-24-9-4-3-5-10-24)34-33(35(44)26-15-18-29(40)19-16-26)36(45)37(46)43(34)38-41-42-39(50-38)49-23-28-13-8-12-25-11-6-7-14-30(25)28/h3-21,34,44H,2,22-23H2,1H3. The van der Waals surface area contributed by atoms with Crippen LogP contribution in [0.5, 0.6) is 11.5 Å². The SMILES string of the molecule is CCOc1cc(C2C(=C(O)c3ccc(Cl)cc3)C(=O)C(=O)N2c2nnc(SCc3cccc4ccccc34)s2)ccc1OCc1ccccc1. The molecule has 0 aliphatic carbocycles. The summed E-state index contributed by atoms with van der Waals surface area (Å²) in [5.74, 6) is -0.431. The Hall–Kier alpha value is -5.16. The average molecular weight is 720 g/mol. The number of carbonyl (C=O) groups is 2. The number of rotatable bonds is 11. The van der Waals surface area contributed by atoms with Crippen LogP contribution in [0.15, 0.2) is 125 Å². The minimum Gasteiger partial charge on any atom is -0.507 e. The molecule has 6 aromatic rings. The van der Waals surface area contributed by atoms with Gasteiger partial charge in [-0.2, -0.15) is 0 Å². The molecule has 0 saturated carbocycles. The molecule has 11 heteroatoms. The van der Waals surface area contributed by atoms with Gasteiger partial charge < -0.3 is 14.6 Å².